The third-order valence-corrected chi connectivity index (χ3v) is 9.32. The number of rotatable bonds is 10. The number of fused-ring (bicyclic) bond motifs is 4. The molecule has 0 N–H and O–H groups in total. The molecule has 2 aliphatic heterocycles. The number of ether oxygens (including phenoxy) is 5. The van der Waals surface area contributed by atoms with Gasteiger partial charge in [-0.3, -0.25) is 0 Å². The quantitative estimate of drug-likeness (QED) is 0.165. The Morgan fingerprint density at radius 2 is 1.16 bits per heavy atom. The molecule has 5 atom stereocenters. The maximum Gasteiger partial charge on any atom is 0.215 e. The molecule has 7 rings (SSSR count). The molecule has 0 amide bonds. The van der Waals surface area contributed by atoms with Crippen molar-refractivity contribution in [3.05, 3.63) is 144 Å². The highest BCUT2D eigenvalue weighted by molar-refractivity contribution is 8.00. The van der Waals surface area contributed by atoms with Gasteiger partial charge in [0.1, 0.15) is 29.3 Å². The number of hydrogen-bond acceptors (Lipinski definition) is 6. The maximum absolute atomic E-state index is 6.80. The van der Waals surface area contributed by atoms with E-state index in [1.54, 1.807) is 11.8 Å². The summed E-state index contributed by atoms with van der Waals surface area (Å²) in [5.74, 6) is 0.833. The molecule has 6 heteroatoms. The Hall–Kier alpha value is -3.65. The Kier molecular flexibility index (Phi) is 8.72. The molecule has 5 nitrogen and oxygen atoms in total. The molecule has 0 radical (unpaired) electrons. The molecule has 1 saturated heterocycles. The maximum atomic E-state index is 6.80. The first-order valence-electron chi connectivity index (χ1n) is 14.7. The number of hydrogen-bond donors (Lipinski definition) is 0. The first-order valence-corrected chi connectivity index (χ1v) is 15.6. The van der Waals surface area contributed by atoms with Crippen molar-refractivity contribution in [3.8, 4) is 5.75 Å². The molecule has 5 aromatic carbocycles. The molecule has 5 aromatic rings. The fourth-order valence-corrected chi connectivity index (χ4v) is 7.14. The van der Waals surface area contributed by atoms with Gasteiger partial charge in [-0.15, -0.1) is 11.8 Å². The zero-order valence-corrected chi connectivity index (χ0v) is 24.6. The second kappa shape index (κ2) is 13.3. The molecule has 2 heterocycles. The lowest BCUT2D eigenvalue weighted by molar-refractivity contribution is -0.255. The van der Waals surface area contributed by atoms with Crippen LogP contribution in [0.3, 0.4) is 0 Å². The van der Waals surface area contributed by atoms with Gasteiger partial charge in [0.05, 0.1) is 31.3 Å². The van der Waals surface area contributed by atoms with Crippen molar-refractivity contribution < 1.29 is 23.7 Å². The molecular formula is C37H34O5S. The van der Waals surface area contributed by atoms with Crippen LogP contribution in [0.15, 0.2) is 132 Å². The van der Waals surface area contributed by atoms with Gasteiger partial charge in [-0.1, -0.05) is 121 Å². The summed E-state index contributed by atoms with van der Waals surface area (Å²) in [6.45, 7) is 1.74. The second-order valence-electron chi connectivity index (χ2n) is 10.9. The van der Waals surface area contributed by atoms with E-state index in [9.17, 15) is 0 Å². The molecule has 0 aliphatic carbocycles. The van der Waals surface area contributed by atoms with Gasteiger partial charge in [0.15, 0.2) is 0 Å². The van der Waals surface area contributed by atoms with Crippen LogP contribution in [0.1, 0.15) is 16.7 Å². The van der Waals surface area contributed by atoms with Crippen LogP contribution in [0.5, 0.6) is 5.75 Å². The molecule has 43 heavy (non-hydrogen) atoms. The van der Waals surface area contributed by atoms with Gasteiger partial charge in [-0.05, 0) is 33.5 Å². The fraction of sp³-hybridized carbons (Fsp3) is 0.243. The minimum Gasteiger partial charge on any atom is -0.462 e. The topological polar surface area (TPSA) is 46.2 Å². The Morgan fingerprint density at radius 1 is 0.581 bits per heavy atom. The van der Waals surface area contributed by atoms with Gasteiger partial charge < -0.3 is 23.7 Å². The molecule has 1 fully saturated rings. The molecule has 0 spiro atoms. The molecule has 2 aliphatic rings. The minimum atomic E-state index is -0.513. The smallest absolute Gasteiger partial charge is 0.215 e. The van der Waals surface area contributed by atoms with E-state index in [-0.39, 0.29) is 17.5 Å². The van der Waals surface area contributed by atoms with E-state index in [0.717, 1.165) is 27.3 Å². The average Bonchev–Trinajstić information content (AvgIpc) is 3.07. The monoisotopic (exact) mass is 590 g/mol. The predicted molar refractivity (Wildman–Crippen MR) is 169 cm³/mol. The fourth-order valence-electron chi connectivity index (χ4n) is 5.72. The minimum absolute atomic E-state index is 0.145. The van der Waals surface area contributed by atoms with E-state index in [4.69, 9.17) is 23.7 Å². The van der Waals surface area contributed by atoms with Crippen LogP contribution in [-0.4, -0.2) is 36.5 Å². The lowest BCUT2D eigenvalue weighted by Crippen LogP contribution is -2.61. The second-order valence-corrected chi connectivity index (χ2v) is 12.1. The Balaban J connectivity index is 1.20. The van der Waals surface area contributed by atoms with Crippen molar-refractivity contribution in [1.82, 2.24) is 0 Å². The summed E-state index contributed by atoms with van der Waals surface area (Å²) in [7, 11) is 0. The van der Waals surface area contributed by atoms with Gasteiger partial charge in [0.2, 0.25) is 6.29 Å². The van der Waals surface area contributed by atoms with Crippen molar-refractivity contribution in [2.24, 2.45) is 0 Å². The zero-order chi connectivity index (χ0) is 28.8. The first kappa shape index (κ1) is 28.1. The van der Waals surface area contributed by atoms with E-state index in [1.165, 1.54) is 10.8 Å². The first-order chi connectivity index (χ1) is 21.3. The standard InChI is InChI=1S/C37H34O5S/c1-4-12-26(13-5-1)22-38-25-32-33(39-23-27-14-6-2-7-15-27)34(40-24-28-16-8-3-9-17-28)36-37(42-32)41-31-21-20-29-18-10-11-19-30(29)35(31)43-36/h1-21,32-34,36-37H,22-25H2/t32-,33-,34+,36-,37+/m1/s1. The molecule has 0 unspecified atom stereocenters. The highest BCUT2D eigenvalue weighted by Gasteiger charge is 2.51. The van der Waals surface area contributed by atoms with E-state index in [1.807, 2.05) is 60.7 Å². The van der Waals surface area contributed by atoms with Crippen LogP contribution in [0.2, 0.25) is 0 Å². The highest BCUT2D eigenvalue weighted by Crippen LogP contribution is 2.48. The molecule has 0 aromatic heterocycles. The molecule has 218 valence electrons. The van der Waals surface area contributed by atoms with Gasteiger partial charge in [-0.2, -0.15) is 0 Å². The normalized spacial score (nSPS) is 22.8. The Bertz CT molecular complexity index is 1610. The number of benzene rings is 5. The van der Waals surface area contributed by atoms with E-state index in [2.05, 4.69) is 66.7 Å². The van der Waals surface area contributed by atoms with Crippen molar-refractivity contribution in [2.75, 3.05) is 6.61 Å². The van der Waals surface area contributed by atoms with Crippen molar-refractivity contribution in [1.29, 1.82) is 0 Å². The van der Waals surface area contributed by atoms with Gasteiger partial charge >= 0.3 is 0 Å². The lowest BCUT2D eigenvalue weighted by atomic mass is 10.00. The molecule has 0 saturated carbocycles. The number of thioether (sulfide) groups is 1. The van der Waals surface area contributed by atoms with Gasteiger partial charge in [-0.25, -0.2) is 0 Å². The molecular weight excluding hydrogens is 556 g/mol. The van der Waals surface area contributed by atoms with Crippen molar-refractivity contribution in [3.63, 3.8) is 0 Å². The summed E-state index contributed by atoms with van der Waals surface area (Å²) >= 11 is 1.77. The summed E-state index contributed by atoms with van der Waals surface area (Å²) in [6, 6.07) is 43.3. The summed E-state index contributed by atoms with van der Waals surface area (Å²) in [5, 5.41) is 2.20. The van der Waals surface area contributed by atoms with E-state index in [0.29, 0.717) is 26.4 Å². The van der Waals surface area contributed by atoms with Gasteiger partial charge in [0, 0.05) is 0 Å². The average molecular weight is 591 g/mol. The van der Waals surface area contributed by atoms with Crippen molar-refractivity contribution in [2.45, 2.75) is 54.6 Å². The lowest BCUT2D eigenvalue weighted by Gasteiger charge is -2.47. The van der Waals surface area contributed by atoms with Crippen LogP contribution in [0, 0.1) is 0 Å². The summed E-state index contributed by atoms with van der Waals surface area (Å²) < 4.78 is 33.1. The Labute approximate surface area is 256 Å². The van der Waals surface area contributed by atoms with Crippen LogP contribution in [0.4, 0.5) is 0 Å². The third kappa shape index (κ3) is 6.49. The predicted octanol–water partition coefficient (Wildman–Crippen LogP) is 7.81. The van der Waals surface area contributed by atoms with Crippen LogP contribution in [0.25, 0.3) is 10.8 Å². The summed E-state index contributed by atoms with van der Waals surface area (Å²) in [6.07, 6.45) is -1.60. The van der Waals surface area contributed by atoms with Crippen LogP contribution in [-0.2, 0) is 38.8 Å². The van der Waals surface area contributed by atoms with Crippen LogP contribution >= 0.6 is 11.8 Å². The van der Waals surface area contributed by atoms with E-state index < -0.39 is 12.4 Å². The summed E-state index contributed by atoms with van der Waals surface area (Å²) in [5.41, 5.74) is 3.32. The van der Waals surface area contributed by atoms with Crippen molar-refractivity contribution >= 4 is 22.5 Å². The zero-order valence-electron chi connectivity index (χ0n) is 23.8. The van der Waals surface area contributed by atoms with Crippen LogP contribution < -0.4 is 4.74 Å². The largest absolute Gasteiger partial charge is 0.462 e. The SMILES string of the molecule is c1ccc(COC[C@H]2O[C@@H]3Oc4ccc5ccccc5c4S[C@@H]3[C@@H](OCc3ccccc3)[C@@H]2OCc2ccccc2)cc1. The summed E-state index contributed by atoms with van der Waals surface area (Å²) in [4.78, 5) is 1.11. The highest BCUT2D eigenvalue weighted by atomic mass is 32.2. The third-order valence-electron chi connectivity index (χ3n) is 7.90. The van der Waals surface area contributed by atoms with E-state index >= 15 is 0 Å². The molecule has 0 bridgehead atoms. The van der Waals surface area contributed by atoms with Gasteiger partial charge in [0.25, 0.3) is 0 Å². The Morgan fingerprint density at radius 3 is 1.84 bits per heavy atom.